The van der Waals surface area contributed by atoms with E-state index in [0.717, 1.165) is 60.0 Å². The Bertz CT molecular complexity index is 712. The Hall–Kier alpha value is -1.05. The van der Waals surface area contributed by atoms with Gasteiger partial charge in [0.2, 0.25) is 0 Å². The van der Waals surface area contributed by atoms with E-state index in [0.29, 0.717) is 6.73 Å². The van der Waals surface area contributed by atoms with Crippen LogP contribution < -0.4 is 0 Å². The lowest BCUT2D eigenvalue weighted by atomic mass is 9.95. The fraction of sp³-hybridized carbons (Fsp3) is 0.632. The number of aliphatic imine (C=N–C) groups is 1. The van der Waals surface area contributed by atoms with Crippen molar-refractivity contribution < 1.29 is 9.53 Å². The molecule has 1 aromatic rings. The van der Waals surface area contributed by atoms with Gasteiger partial charge < -0.3 is 9.64 Å². The lowest BCUT2D eigenvalue weighted by molar-refractivity contribution is -0.136. The largest absolute Gasteiger partial charge is 0.361 e. The number of hydrogen-bond acceptors (Lipinski definition) is 4. The third-order valence-electron chi connectivity index (χ3n) is 5.06. The summed E-state index contributed by atoms with van der Waals surface area (Å²) < 4.78 is 6.78. The van der Waals surface area contributed by atoms with Gasteiger partial charge in [0.25, 0.3) is 5.91 Å². The summed E-state index contributed by atoms with van der Waals surface area (Å²) >= 11 is 3.52. The SMILES string of the molecule is Cc1cc(Br)cc(C2=N[C@]3(CC2)CCN(COCC[Si](C)(C)C)C3=O)n1. The number of halogens is 1. The maximum Gasteiger partial charge on any atom is 0.252 e. The molecule has 1 saturated heterocycles. The number of amides is 1. The number of carbonyl (C=O) groups is 1. The van der Waals surface area contributed by atoms with Gasteiger partial charge in [-0.25, -0.2) is 0 Å². The highest BCUT2D eigenvalue weighted by molar-refractivity contribution is 9.10. The van der Waals surface area contributed by atoms with E-state index >= 15 is 0 Å². The highest BCUT2D eigenvalue weighted by atomic mass is 79.9. The van der Waals surface area contributed by atoms with E-state index in [-0.39, 0.29) is 5.91 Å². The molecule has 1 amide bonds. The molecule has 0 unspecified atom stereocenters. The second-order valence-corrected chi connectivity index (χ2v) is 15.1. The fourth-order valence-corrected chi connectivity index (χ4v) is 4.79. The van der Waals surface area contributed by atoms with Crippen LogP contribution in [0.1, 0.15) is 30.7 Å². The van der Waals surface area contributed by atoms with Gasteiger partial charge in [0.1, 0.15) is 12.3 Å². The second kappa shape index (κ2) is 7.52. The second-order valence-electron chi connectivity index (χ2n) is 8.57. The van der Waals surface area contributed by atoms with Crippen molar-refractivity contribution in [2.75, 3.05) is 19.9 Å². The van der Waals surface area contributed by atoms with Gasteiger partial charge in [0.15, 0.2) is 0 Å². The van der Waals surface area contributed by atoms with Gasteiger partial charge in [0, 0.05) is 31.4 Å². The molecular formula is C19H28BrN3O2Si. The number of carbonyl (C=O) groups excluding carboxylic acids is 1. The summed E-state index contributed by atoms with van der Waals surface area (Å²) in [6, 6.07) is 5.09. The summed E-state index contributed by atoms with van der Waals surface area (Å²) in [5.74, 6) is 0.118. The minimum absolute atomic E-state index is 0.118. The highest BCUT2D eigenvalue weighted by Gasteiger charge is 2.49. The Kier molecular flexibility index (Phi) is 5.70. The maximum atomic E-state index is 12.9. The van der Waals surface area contributed by atoms with Crippen LogP contribution in [0.5, 0.6) is 0 Å². The minimum atomic E-state index is -1.10. The molecule has 0 saturated carbocycles. The smallest absolute Gasteiger partial charge is 0.252 e. The Labute approximate surface area is 165 Å². The Morgan fingerprint density at radius 3 is 2.77 bits per heavy atom. The van der Waals surface area contributed by atoms with Crippen molar-refractivity contribution in [1.29, 1.82) is 0 Å². The van der Waals surface area contributed by atoms with Crippen LogP contribution in [0.2, 0.25) is 25.7 Å². The molecule has 2 aliphatic heterocycles. The van der Waals surface area contributed by atoms with Crippen LogP contribution in [-0.4, -0.2) is 55.0 Å². The van der Waals surface area contributed by atoms with E-state index in [9.17, 15) is 4.79 Å². The molecule has 0 aromatic carbocycles. The number of rotatable bonds is 6. The van der Waals surface area contributed by atoms with Gasteiger partial charge in [-0.05, 0) is 44.4 Å². The first-order valence-electron chi connectivity index (χ1n) is 9.29. The maximum absolute atomic E-state index is 12.9. The van der Waals surface area contributed by atoms with E-state index in [2.05, 4.69) is 40.6 Å². The Morgan fingerprint density at radius 1 is 1.31 bits per heavy atom. The number of aryl methyl sites for hydroxylation is 1. The van der Waals surface area contributed by atoms with Crippen molar-refractivity contribution in [3.05, 3.63) is 28.0 Å². The number of ether oxygens (including phenoxy) is 1. The number of nitrogens with zero attached hydrogens (tertiary/aromatic N) is 3. The lowest BCUT2D eigenvalue weighted by Crippen LogP contribution is -2.38. The molecule has 0 bridgehead atoms. The fourth-order valence-electron chi connectivity index (χ4n) is 3.49. The number of likely N-dealkylation sites (tertiary alicyclic amines) is 1. The predicted octanol–water partition coefficient (Wildman–Crippen LogP) is 4.02. The van der Waals surface area contributed by atoms with Crippen molar-refractivity contribution in [1.82, 2.24) is 9.88 Å². The van der Waals surface area contributed by atoms with E-state index in [1.165, 1.54) is 0 Å². The molecule has 7 heteroatoms. The highest BCUT2D eigenvalue weighted by Crippen LogP contribution is 2.37. The minimum Gasteiger partial charge on any atom is -0.361 e. The molecule has 26 heavy (non-hydrogen) atoms. The first-order valence-corrected chi connectivity index (χ1v) is 13.8. The van der Waals surface area contributed by atoms with E-state index in [4.69, 9.17) is 9.73 Å². The van der Waals surface area contributed by atoms with Gasteiger partial charge in [-0.2, -0.15) is 0 Å². The van der Waals surface area contributed by atoms with E-state index in [1.807, 2.05) is 24.0 Å². The number of hydrogen-bond donors (Lipinski definition) is 0. The summed E-state index contributed by atoms with van der Waals surface area (Å²) in [4.78, 5) is 24.2. The summed E-state index contributed by atoms with van der Waals surface area (Å²) in [7, 11) is -1.10. The predicted molar refractivity (Wildman–Crippen MR) is 110 cm³/mol. The molecule has 1 aromatic heterocycles. The van der Waals surface area contributed by atoms with Gasteiger partial charge in [-0.3, -0.25) is 14.8 Å². The van der Waals surface area contributed by atoms with Gasteiger partial charge in [0.05, 0.1) is 11.4 Å². The molecule has 1 spiro atoms. The third-order valence-corrected chi connectivity index (χ3v) is 7.22. The molecule has 0 aliphatic carbocycles. The van der Waals surface area contributed by atoms with Crippen LogP contribution in [-0.2, 0) is 9.53 Å². The Balaban J connectivity index is 1.64. The van der Waals surface area contributed by atoms with Crippen molar-refractivity contribution in [2.24, 2.45) is 4.99 Å². The van der Waals surface area contributed by atoms with E-state index < -0.39 is 13.6 Å². The van der Waals surface area contributed by atoms with Gasteiger partial charge in [-0.15, -0.1) is 0 Å². The molecule has 3 rings (SSSR count). The van der Waals surface area contributed by atoms with Crippen LogP contribution in [0, 0.1) is 6.92 Å². The number of aromatic nitrogens is 1. The lowest BCUT2D eigenvalue weighted by Gasteiger charge is -2.21. The monoisotopic (exact) mass is 437 g/mol. The average molecular weight is 438 g/mol. The first-order chi connectivity index (χ1) is 12.2. The van der Waals surface area contributed by atoms with Crippen LogP contribution in [0.15, 0.2) is 21.6 Å². The van der Waals surface area contributed by atoms with Gasteiger partial charge in [-0.1, -0.05) is 35.6 Å². The van der Waals surface area contributed by atoms with Crippen molar-refractivity contribution in [3.63, 3.8) is 0 Å². The van der Waals surface area contributed by atoms with Crippen LogP contribution >= 0.6 is 15.9 Å². The molecule has 0 radical (unpaired) electrons. The zero-order valence-electron chi connectivity index (χ0n) is 16.1. The van der Waals surface area contributed by atoms with Crippen molar-refractivity contribution in [2.45, 2.75) is 57.4 Å². The third kappa shape index (κ3) is 4.43. The van der Waals surface area contributed by atoms with Crippen LogP contribution in [0.4, 0.5) is 0 Å². The van der Waals surface area contributed by atoms with Crippen molar-refractivity contribution in [3.8, 4) is 0 Å². The Morgan fingerprint density at radius 2 is 2.08 bits per heavy atom. The molecule has 3 heterocycles. The molecule has 2 aliphatic rings. The zero-order chi connectivity index (χ0) is 18.9. The topological polar surface area (TPSA) is 54.8 Å². The normalized spacial score (nSPS) is 23.2. The summed E-state index contributed by atoms with van der Waals surface area (Å²) in [6.07, 6.45) is 2.36. The molecule has 142 valence electrons. The van der Waals surface area contributed by atoms with Crippen LogP contribution in [0.25, 0.3) is 0 Å². The first kappa shape index (κ1) is 19.7. The summed E-state index contributed by atoms with van der Waals surface area (Å²) in [5, 5.41) is 0. The molecule has 1 atom stereocenters. The molecular weight excluding hydrogens is 410 g/mol. The molecule has 1 fully saturated rings. The van der Waals surface area contributed by atoms with E-state index in [1.54, 1.807) is 0 Å². The van der Waals surface area contributed by atoms with Crippen LogP contribution in [0.3, 0.4) is 0 Å². The number of pyridine rings is 1. The zero-order valence-corrected chi connectivity index (χ0v) is 18.7. The standard InChI is InChI=1S/C19H28BrN3O2Si/c1-14-11-15(20)12-17(21-14)16-5-6-19(22-16)7-8-23(18(19)24)13-25-9-10-26(2,3)4/h11-12H,5-10,13H2,1-4H3/t19-/m1/s1. The average Bonchev–Trinajstić information content (AvgIpc) is 3.09. The quantitative estimate of drug-likeness (QED) is 0.498. The summed E-state index contributed by atoms with van der Waals surface area (Å²) in [6.45, 7) is 10.8. The van der Waals surface area contributed by atoms with Gasteiger partial charge >= 0.3 is 0 Å². The summed E-state index contributed by atoms with van der Waals surface area (Å²) in [5.41, 5.74) is 2.19. The molecule has 5 nitrogen and oxygen atoms in total. The molecule has 0 N–H and O–H groups in total. The van der Waals surface area contributed by atoms with Crippen molar-refractivity contribution >= 4 is 35.6 Å².